The van der Waals surface area contributed by atoms with Crippen molar-refractivity contribution >= 4 is 11.7 Å². The van der Waals surface area contributed by atoms with Gasteiger partial charge in [0, 0.05) is 32.0 Å². The Morgan fingerprint density at radius 1 is 1.22 bits per heavy atom. The molecule has 0 saturated carbocycles. The van der Waals surface area contributed by atoms with Crippen LogP contribution >= 0.6 is 0 Å². The summed E-state index contributed by atoms with van der Waals surface area (Å²) >= 11 is 0. The van der Waals surface area contributed by atoms with Gasteiger partial charge >= 0.3 is 6.03 Å². The molecule has 2 aromatic rings. The maximum absolute atomic E-state index is 13.6. The number of likely N-dealkylation sites (tertiary alicyclic amines) is 1. The Bertz CT molecular complexity index is 646. The van der Waals surface area contributed by atoms with Gasteiger partial charge in [-0.25, -0.2) is 13.6 Å². The highest BCUT2D eigenvalue weighted by Crippen LogP contribution is 2.22. The highest BCUT2D eigenvalue weighted by Gasteiger charge is 2.24. The molecule has 23 heavy (non-hydrogen) atoms. The van der Waals surface area contributed by atoms with Crippen molar-refractivity contribution in [2.75, 3.05) is 18.4 Å². The SMILES string of the molecule is O=C(Nc1c(F)cccc1F)N1CCC(Cn2cccn2)CC1. The van der Waals surface area contributed by atoms with E-state index in [2.05, 4.69) is 10.4 Å². The van der Waals surface area contributed by atoms with Gasteiger partial charge in [0.05, 0.1) is 0 Å². The molecule has 1 aliphatic rings. The largest absolute Gasteiger partial charge is 0.325 e. The van der Waals surface area contributed by atoms with E-state index in [9.17, 15) is 13.6 Å². The highest BCUT2D eigenvalue weighted by atomic mass is 19.1. The molecule has 1 aromatic carbocycles. The zero-order valence-corrected chi connectivity index (χ0v) is 12.6. The Balaban J connectivity index is 1.54. The lowest BCUT2D eigenvalue weighted by Crippen LogP contribution is -2.42. The molecule has 0 radical (unpaired) electrons. The number of carbonyl (C=O) groups excluding carboxylic acids is 1. The fraction of sp³-hybridized carbons (Fsp3) is 0.375. The molecule has 0 atom stereocenters. The molecule has 2 heterocycles. The number of benzene rings is 1. The van der Waals surface area contributed by atoms with Gasteiger partial charge in [-0.05, 0) is 37.0 Å². The molecule has 2 amide bonds. The van der Waals surface area contributed by atoms with Crippen LogP contribution in [0.4, 0.5) is 19.3 Å². The van der Waals surface area contributed by atoms with E-state index in [1.54, 1.807) is 11.1 Å². The lowest BCUT2D eigenvalue weighted by molar-refractivity contribution is 0.175. The maximum atomic E-state index is 13.6. The fourth-order valence-corrected chi connectivity index (χ4v) is 2.79. The van der Waals surface area contributed by atoms with Gasteiger partial charge in [0.15, 0.2) is 0 Å². The monoisotopic (exact) mass is 320 g/mol. The van der Waals surface area contributed by atoms with E-state index >= 15 is 0 Å². The summed E-state index contributed by atoms with van der Waals surface area (Å²) in [5.41, 5.74) is -0.392. The van der Waals surface area contributed by atoms with Crippen LogP contribution in [0.5, 0.6) is 0 Å². The molecule has 1 saturated heterocycles. The zero-order valence-electron chi connectivity index (χ0n) is 12.6. The van der Waals surface area contributed by atoms with Crippen LogP contribution in [0.3, 0.4) is 0 Å². The third-order valence-corrected chi connectivity index (χ3v) is 4.10. The number of para-hydroxylation sites is 1. The molecule has 0 bridgehead atoms. The predicted molar refractivity (Wildman–Crippen MR) is 81.9 cm³/mol. The summed E-state index contributed by atoms with van der Waals surface area (Å²) in [7, 11) is 0. The van der Waals surface area contributed by atoms with Crippen LogP contribution in [0.25, 0.3) is 0 Å². The molecular weight excluding hydrogens is 302 g/mol. The molecule has 0 spiro atoms. The quantitative estimate of drug-likeness (QED) is 0.945. The van der Waals surface area contributed by atoms with E-state index in [-0.39, 0.29) is 0 Å². The first-order valence-electron chi connectivity index (χ1n) is 7.61. The van der Waals surface area contributed by atoms with Crippen LogP contribution in [0.1, 0.15) is 12.8 Å². The number of anilines is 1. The number of rotatable bonds is 3. The topological polar surface area (TPSA) is 50.2 Å². The molecule has 0 aliphatic carbocycles. The summed E-state index contributed by atoms with van der Waals surface area (Å²) in [6, 6.07) is 4.92. The molecule has 1 aliphatic heterocycles. The van der Waals surface area contributed by atoms with Crippen LogP contribution in [0, 0.1) is 17.6 Å². The summed E-state index contributed by atoms with van der Waals surface area (Å²) in [6.45, 7) is 1.95. The number of aromatic nitrogens is 2. The average molecular weight is 320 g/mol. The number of nitrogens with zero attached hydrogens (tertiary/aromatic N) is 3. The second kappa shape index (κ2) is 6.76. The van der Waals surface area contributed by atoms with E-state index in [4.69, 9.17) is 0 Å². The molecule has 122 valence electrons. The minimum atomic E-state index is -0.771. The highest BCUT2D eigenvalue weighted by molar-refractivity contribution is 5.89. The van der Waals surface area contributed by atoms with Crippen LogP contribution < -0.4 is 5.32 Å². The number of halogens is 2. The Kier molecular flexibility index (Phi) is 4.55. The molecule has 1 aromatic heterocycles. The number of nitrogens with one attached hydrogen (secondary N) is 1. The summed E-state index contributed by atoms with van der Waals surface area (Å²) in [5.74, 6) is -1.09. The lowest BCUT2D eigenvalue weighted by Gasteiger charge is -2.32. The van der Waals surface area contributed by atoms with Gasteiger partial charge < -0.3 is 10.2 Å². The first kappa shape index (κ1) is 15.5. The molecule has 0 unspecified atom stereocenters. The van der Waals surface area contributed by atoms with Crippen LogP contribution in [-0.4, -0.2) is 33.8 Å². The van der Waals surface area contributed by atoms with E-state index in [0.29, 0.717) is 19.0 Å². The minimum absolute atomic E-state index is 0.392. The van der Waals surface area contributed by atoms with Crippen LogP contribution in [0.2, 0.25) is 0 Å². The number of piperidine rings is 1. The van der Waals surface area contributed by atoms with Gasteiger partial charge in [-0.2, -0.15) is 5.10 Å². The number of hydrogen-bond donors (Lipinski definition) is 1. The van der Waals surface area contributed by atoms with Gasteiger partial charge in [0.2, 0.25) is 0 Å². The van der Waals surface area contributed by atoms with Gasteiger partial charge in [-0.3, -0.25) is 4.68 Å². The van der Waals surface area contributed by atoms with Crippen LogP contribution in [-0.2, 0) is 6.54 Å². The number of amides is 2. The average Bonchev–Trinajstić information content (AvgIpc) is 3.04. The van der Waals surface area contributed by atoms with Crippen molar-refractivity contribution in [1.29, 1.82) is 0 Å². The van der Waals surface area contributed by atoms with Gasteiger partial charge in [0.25, 0.3) is 0 Å². The fourth-order valence-electron chi connectivity index (χ4n) is 2.79. The van der Waals surface area contributed by atoms with Gasteiger partial charge in [-0.15, -0.1) is 0 Å². The normalized spacial score (nSPS) is 15.7. The summed E-state index contributed by atoms with van der Waals surface area (Å²) < 4.78 is 29.0. The maximum Gasteiger partial charge on any atom is 0.322 e. The molecule has 1 N–H and O–H groups in total. The first-order valence-corrected chi connectivity index (χ1v) is 7.61. The van der Waals surface area contributed by atoms with Crippen molar-refractivity contribution in [3.63, 3.8) is 0 Å². The zero-order chi connectivity index (χ0) is 16.2. The van der Waals surface area contributed by atoms with E-state index in [0.717, 1.165) is 31.5 Å². The molecule has 7 heteroatoms. The Labute approximate surface area is 132 Å². The van der Waals surface area contributed by atoms with Crippen molar-refractivity contribution in [1.82, 2.24) is 14.7 Å². The van der Waals surface area contributed by atoms with E-state index in [1.165, 1.54) is 6.07 Å². The molecule has 1 fully saturated rings. The number of hydrogen-bond acceptors (Lipinski definition) is 2. The third-order valence-electron chi connectivity index (χ3n) is 4.10. The summed E-state index contributed by atoms with van der Waals surface area (Å²) in [5, 5.41) is 6.51. The molecule has 3 rings (SSSR count). The van der Waals surface area contributed by atoms with Crippen molar-refractivity contribution in [2.24, 2.45) is 5.92 Å². The van der Waals surface area contributed by atoms with Crippen molar-refractivity contribution in [3.8, 4) is 0 Å². The Morgan fingerprint density at radius 3 is 2.52 bits per heavy atom. The van der Waals surface area contributed by atoms with E-state index in [1.807, 2.05) is 16.9 Å². The third kappa shape index (κ3) is 3.67. The molecular formula is C16H18F2N4O. The van der Waals surface area contributed by atoms with E-state index < -0.39 is 23.4 Å². The van der Waals surface area contributed by atoms with Gasteiger partial charge in [0.1, 0.15) is 17.3 Å². The van der Waals surface area contributed by atoms with Crippen molar-refractivity contribution < 1.29 is 13.6 Å². The van der Waals surface area contributed by atoms with Crippen LogP contribution in [0.15, 0.2) is 36.7 Å². The smallest absolute Gasteiger partial charge is 0.322 e. The van der Waals surface area contributed by atoms with Crippen molar-refractivity contribution in [3.05, 3.63) is 48.3 Å². The predicted octanol–water partition coefficient (Wildman–Crippen LogP) is 3.11. The molecule has 5 nitrogen and oxygen atoms in total. The standard InChI is InChI=1S/C16H18F2N4O/c17-13-3-1-4-14(18)15(13)20-16(23)21-9-5-12(6-10-21)11-22-8-2-7-19-22/h1-4,7-8,12H,5-6,9-11H2,(H,20,23). The van der Waals surface area contributed by atoms with Gasteiger partial charge in [-0.1, -0.05) is 6.07 Å². The second-order valence-electron chi connectivity index (χ2n) is 5.69. The minimum Gasteiger partial charge on any atom is -0.325 e. The Hall–Kier alpha value is -2.44. The summed E-state index contributed by atoms with van der Waals surface area (Å²) in [4.78, 5) is 13.7. The van der Waals surface area contributed by atoms with Crippen molar-refractivity contribution in [2.45, 2.75) is 19.4 Å². The summed E-state index contributed by atoms with van der Waals surface area (Å²) in [6.07, 6.45) is 5.34. The second-order valence-corrected chi connectivity index (χ2v) is 5.69. The Morgan fingerprint density at radius 2 is 1.91 bits per heavy atom. The lowest BCUT2D eigenvalue weighted by atomic mass is 9.97. The number of carbonyl (C=O) groups is 1. The number of urea groups is 1. The first-order chi connectivity index (χ1) is 11.1.